The van der Waals surface area contributed by atoms with Crippen LogP contribution < -0.4 is 5.32 Å². The molecule has 0 saturated carbocycles. The van der Waals surface area contributed by atoms with Crippen molar-refractivity contribution in [2.45, 2.75) is 39.2 Å². The third kappa shape index (κ3) is 5.26. The summed E-state index contributed by atoms with van der Waals surface area (Å²) >= 11 is 0. The molecule has 1 fully saturated rings. The van der Waals surface area contributed by atoms with Crippen LogP contribution in [-0.2, 0) is 9.84 Å². The fraction of sp³-hybridized carbons (Fsp3) is 0.588. The summed E-state index contributed by atoms with van der Waals surface area (Å²) < 4.78 is 23.0. The first kappa shape index (κ1) is 19.4. The van der Waals surface area contributed by atoms with Crippen LogP contribution in [0.4, 0.5) is 0 Å². The Labute approximate surface area is 148 Å². The lowest BCUT2D eigenvalue weighted by Gasteiger charge is -2.21. The second-order valence-electron chi connectivity index (χ2n) is 6.30. The van der Waals surface area contributed by atoms with Gasteiger partial charge in [-0.2, -0.15) is 0 Å². The van der Waals surface area contributed by atoms with Gasteiger partial charge in [-0.05, 0) is 31.4 Å². The van der Waals surface area contributed by atoms with Crippen LogP contribution in [0, 0.1) is 0 Å². The van der Waals surface area contributed by atoms with Gasteiger partial charge in [-0.3, -0.25) is 14.6 Å². The van der Waals surface area contributed by atoms with Crippen molar-refractivity contribution in [1.29, 1.82) is 0 Å². The molecule has 1 aliphatic rings. The third-order valence-electron chi connectivity index (χ3n) is 4.08. The summed E-state index contributed by atoms with van der Waals surface area (Å²) in [6.07, 6.45) is 3.57. The van der Waals surface area contributed by atoms with Gasteiger partial charge in [0.05, 0.1) is 11.5 Å². The summed E-state index contributed by atoms with van der Waals surface area (Å²) in [7, 11) is -3.06. The van der Waals surface area contributed by atoms with Crippen molar-refractivity contribution in [3.63, 3.8) is 0 Å². The van der Waals surface area contributed by atoms with Gasteiger partial charge in [-0.15, -0.1) is 0 Å². The van der Waals surface area contributed by atoms with Gasteiger partial charge in [-0.25, -0.2) is 8.42 Å². The third-order valence-corrected chi connectivity index (χ3v) is 5.85. The summed E-state index contributed by atoms with van der Waals surface area (Å²) in [5.41, 5.74) is 0.546. The van der Waals surface area contributed by atoms with Crippen molar-refractivity contribution in [1.82, 2.24) is 15.2 Å². The van der Waals surface area contributed by atoms with E-state index < -0.39 is 21.8 Å². The molecule has 2 heterocycles. The molecule has 1 saturated heterocycles. The van der Waals surface area contributed by atoms with E-state index in [2.05, 4.69) is 10.3 Å². The van der Waals surface area contributed by atoms with Gasteiger partial charge < -0.3 is 10.2 Å². The molecule has 0 bridgehead atoms. The van der Waals surface area contributed by atoms with Crippen LogP contribution in [0.3, 0.4) is 0 Å². The molecule has 0 spiro atoms. The summed E-state index contributed by atoms with van der Waals surface area (Å²) in [6.45, 7) is 5.35. The van der Waals surface area contributed by atoms with E-state index in [1.807, 2.05) is 13.8 Å². The SMILES string of the molecule is CCCN(CCC)C(=O)c1ccnc(C(=O)NC2CCS(=O)(=O)C2)c1. The van der Waals surface area contributed by atoms with Crippen molar-refractivity contribution in [2.75, 3.05) is 24.6 Å². The van der Waals surface area contributed by atoms with E-state index in [0.717, 1.165) is 12.8 Å². The molecule has 1 aromatic rings. The maximum Gasteiger partial charge on any atom is 0.270 e. The van der Waals surface area contributed by atoms with E-state index in [1.54, 1.807) is 11.0 Å². The molecule has 0 aliphatic carbocycles. The minimum atomic E-state index is -3.06. The Morgan fingerprint density at radius 2 is 1.96 bits per heavy atom. The zero-order valence-corrected chi connectivity index (χ0v) is 15.5. The fourth-order valence-electron chi connectivity index (χ4n) is 2.89. The minimum absolute atomic E-state index is 0.0435. The minimum Gasteiger partial charge on any atom is -0.347 e. The van der Waals surface area contributed by atoms with Crippen LogP contribution in [0.2, 0.25) is 0 Å². The smallest absolute Gasteiger partial charge is 0.270 e. The lowest BCUT2D eigenvalue weighted by molar-refractivity contribution is 0.0755. The Kier molecular flexibility index (Phi) is 6.52. The van der Waals surface area contributed by atoms with Gasteiger partial charge in [0.15, 0.2) is 9.84 Å². The number of carbonyl (C=O) groups is 2. The molecular weight excluding hydrogens is 342 g/mol. The molecule has 2 amide bonds. The number of hydrogen-bond acceptors (Lipinski definition) is 5. The number of pyridine rings is 1. The monoisotopic (exact) mass is 367 g/mol. The maximum atomic E-state index is 12.6. The first-order valence-electron chi connectivity index (χ1n) is 8.63. The summed E-state index contributed by atoms with van der Waals surface area (Å²) in [5, 5.41) is 2.69. The average Bonchev–Trinajstić information content (AvgIpc) is 2.92. The molecule has 1 unspecified atom stereocenters. The summed E-state index contributed by atoms with van der Waals surface area (Å²) in [4.78, 5) is 30.7. The van der Waals surface area contributed by atoms with Crippen LogP contribution in [0.1, 0.15) is 54.0 Å². The molecule has 1 aromatic heterocycles. The lowest BCUT2D eigenvalue weighted by atomic mass is 10.1. The number of sulfone groups is 1. The highest BCUT2D eigenvalue weighted by Crippen LogP contribution is 2.13. The summed E-state index contributed by atoms with van der Waals surface area (Å²) in [5.74, 6) is -0.525. The largest absolute Gasteiger partial charge is 0.347 e. The molecular formula is C17H25N3O4S. The molecule has 0 aromatic carbocycles. The predicted molar refractivity (Wildman–Crippen MR) is 95.2 cm³/mol. The van der Waals surface area contributed by atoms with E-state index in [9.17, 15) is 18.0 Å². The second-order valence-corrected chi connectivity index (χ2v) is 8.52. The highest BCUT2D eigenvalue weighted by atomic mass is 32.2. The normalized spacial score (nSPS) is 18.7. The number of aromatic nitrogens is 1. The quantitative estimate of drug-likeness (QED) is 0.783. The highest BCUT2D eigenvalue weighted by molar-refractivity contribution is 7.91. The van der Waals surface area contributed by atoms with Gasteiger partial charge in [0, 0.05) is 30.9 Å². The first-order chi connectivity index (χ1) is 11.9. The highest BCUT2D eigenvalue weighted by Gasteiger charge is 2.29. The van der Waals surface area contributed by atoms with Crippen molar-refractivity contribution < 1.29 is 18.0 Å². The Bertz CT molecular complexity index is 727. The average molecular weight is 367 g/mol. The van der Waals surface area contributed by atoms with Crippen molar-refractivity contribution in [2.24, 2.45) is 0 Å². The number of hydrogen-bond donors (Lipinski definition) is 1. The van der Waals surface area contributed by atoms with Gasteiger partial charge >= 0.3 is 0 Å². The Morgan fingerprint density at radius 1 is 1.28 bits per heavy atom. The summed E-state index contributed by atoms with van der Waals surface area (Å²) in [6, 6.07) is 2.67. The number of rotatable bonds is 7. The molecule has 1 N–H and O–H groups in total. The number of nitrogens with zero attached hydrogens (tertiary/aromatic N) is 2. The topological polar surface area (TPSA) is 96.4 Å². The van der Waals surface area contributed by atoms with Gasteiger partial charge in [-0.1, -0.05) is 13.8 Å². The number of amides is 2. The van der Waals surface area contributed by atoms with Gasteiger partial charge in [0.2, 0.25) is 0 Å². The van der Waals surface area contributed by atoms with E-state index in [-0.39, 0.29) is 23.1 Å². The van der Waals surface area contributed by atoms with Gasteiger partial charge in [0.1, 0.15) is 5.69 Å². The molecule has 2 rings (SSSR count). The zero-order valence-electron chi connectivity index (χ0n) is 14.7. The van der Waals surface area contributed by atoms with Crippen LogP contribution in [0.15, 0.2) is 18.3 Å². The Hall–Kier alpha value is -1.96. The first-order valence-corrected chi connectivity index (χ1v) is 10.4. The van der Waals surface area contributed by atoms with Crippen LogP contribution in [0.5, 0.6) is 0 Å². The molecule has 8 heteroatoms. The van der Waals surface area contributed by atoms with E-state index in [0.29, 0.717) is 25.1 Å². The molecule has 7 nitrogen and oxygen atoms in total. The van der Waals surface area contributed by atoms with E-state index in [4.69, 9.17) is 0 Å². The Morgan fingerprint density at radius 3 is 2.52 bits per heavy atom. The molecule has 25 heavy (non-hydrogen) atoms. The van der Waals surface area contributed by atoms with Crippen molar-refractivity contribution in [3.05, 3.63) is 29.6 Å². The molecule has 138 valence electrons. The van der Waals surface area contributed by atoms with Gasteiger partial charge in [0.25, 0.3) is 11.8 Å². The van der Waals surface area contributed by atoms with Crippen LogP contribution >= 0.6 is 0 Å². The van der Waals surface area contributed by atoms with E-state index in [1.165, 1.54) is 12.3 Å². The zero-order chi connectivity index (χ0) is 18.4. The fourth-order valence-corrected chi connectivity index (χ4v) is 4.57. The maximum absolute atomic E-state index is 12.6. The van der Waals surface area contributed by atoms with E-state index >= 15 is 0 Å². The van der Waals surface area contributed by atoms with Crippen LogP contribution in [-0.4, -0.2) is 60.8 Å². The second kappa shape index (κ2) is 8.42. The molecule has 1 aliphatic heterocycles. The predicted octanol–water partition coefficient (Wildman–Crippen LogP) is 1.26. The lowest BCUT2D eigenvalue weighted by Crippen LogP contribution is -2.36. The molecule has 1 atom stereocenters. The number of nitrogens with one attached hydrogen (secondary N) is 1. The Balaban J connectivity index is 2.09. The number of carbonyl (C=O) groups excluding carboxylic acids is 2. The standard InChI is InChI=1S/C17H25N3O4S/c1-3-8-20(9-4-2)17(22)13-5-7-18-15(11-13)16(21)19-14-6-10-25(23,24)12-14/h5,7,11,14H,3-4,6,8-10,12H2,1-2H3,(H,19,21). The van der Waals surface area contributed by atoms with Crippen molar-refractivity contribution in [3.8, 4) is 0 Å². The van der Waals surface area contributed by atoms with Crippen molar-refractivity contribution >= 4 is 21.7 Å². The van der Waals surface area contributed by atoms with Crippen LogP contribution in [0.25, 0.3) is 0 Å². The molecule has 0 radical (unpaired) electrons.